The summed E-state index contributed by atoms with van der Waals surface area (Å²) in [6.07, 6.45) is 2.67. The summed E-state index contributed by atoms with van der Waals surface area (Å²) in [6.45, 7) is 2.64. The summed E-state index contributed by atoms with van der Waals surface area (Å²) in [7, 11) is 0. The van der Waals surface area contributed by atoms with Crippen LogP contribution in [0.4, 0.5) is 0 Å². The van der Waals surface area contributed by atoms with Crippen molar-refractivity contribution >= 4 is 16.8 Å². The van der Waals surface area contributed by atoms with E-state index in [1.165, 1.54) is 22.2 Å². The van der Waals surface area contributed by atoms with E-state index in [0.29, 0.717) is 26.1 Å². The monoisotopic (exact) mass is 355 g/mol. The average molecular weight is 355 g/mol. The van der Waals surface area contributed by atoms with Gasteiger partial charge in [-0.25, -0.2) is 0 Å². The number of fused-ring (bicyclic) bond motifs is 4. The van der Waals surface area contributed by atoms with Crippen LogP contribution in [0.5, 0.6) is 0 Å². The zero-order valence-corrected chi connectivity index (χ0v) is 14.8. The quantitative estimate of drug-likeness (QED) is 0.720. The topological polar surface area (TPSA) is 77.6 Å². The maximum atomic E-state index is 12.7. The zero-order valence-electron chi connectivity index (χ0n) is 14.8. The highest BCUT2D eigenvalue weighted by Gasteiger charge is 2.44. The number of nitrogens with zero attached hydrogens (tertiary/aromatic N) is 1. The van der Waals surface area contributed by atoms with Crippen LogP contribution in [0.15, 0.2) is 24.3 Å². The van der Waals surface area contributed by atoms with Gasteiger partial charge in [-0.05, 0) is 37.3 Å². The summed E-state index contributed by atoms with van der Waals surface area (Å²) in [5, 5.41) is 14.1. The Morgan fingerprint density at radius 3 is 2.85 bits per heavy atom. The molecule has 1 aromatic heterocycles. The van der Waals surface area contributed by atoms with Gasteiger partial charge in [-0.3, -0.25) is 4.79 Å². The highest BCUT2D eigenvalue weighted by molar-refractivity contribution is 5.85. The number of para-hydroxylation sites is 1. The van der Waals surface area contributed by atoms with Gasteiger partial charge in [0.05, 0.1) is 24.4 Å². The lowest BCUT2D eigenvalue weighted by Crippen LogP contribution is -2.52. The Bertz CT molecular complexity index is 838. The molecule has 3 N–H and O–H groups in total. The predicted octanol–water partition coefficient (Wildman–Crippen LogP) is 1.28. The standard InChI is InChI=1S/C20H25N3O3/c24-13-11-17(21-12-13)19(25)23-8-6-20(7-9-23)18-15(5-10-26-20)14-3-1-2-4-16(14)22-18/h1-4,13,17,21-22,24H,5-12H2/t13-,17+/m1/s1. The van der Waals surface area contributed by atoms with Gasteiger partial charge in [0.1, 0.15) is 5.60 Å². The van der Waals surface area contributed by atoms with E-state index in [2.05, 4.69) is 34.6 Å². The number of nitrogens with one attached hydrogen (secondary N) is 2. The molecule has 2 atom stereocenters. The summed E-state index contributed by atoms with van der Waals surface area (Å²) in [4.78, 5) is 18.2. The number of rotatable bonds is 1. The molecule has 0 radical (unpaired) electrons. The maximum Gasteiger partial charge on any atom is 0.239 e. The minimum absolute atomic E-state index is 0.115. The van der Waals surface area contributed by atoms with Crippen LogP contribution >= 0.6 is 0 Å². The number of aromatic nitrogens is 1. The number of aromatic amines is 1. The minimum Gasteiger partial charge on any atom is -0.392 e. The van der Waals surface area contributed by atoms with Crippen LogP contribution in [-0.2, 0) is 21.6 Å². The normalized spacial score (nSPS) is 27.8. The molecule has 5 rings (SSSR count). The molecule has 0 aliphatic carbocycles. The summed E-state index contributed by atoms with van der Waals surface area (Å²) in [5.74, 6) is 0.115. The fraction of sp³-hybridized carbons (Fsp3) is 0.550. The first kappa shape index (κ1) is 16.3. The Morgan fingerprint density at radius 1 is 1.27 bits per heavy atom. The highest BCUT2D eigenvalue weighted by Crippen LogP contribution is 2.43. The Balaban J connectivity index is 1.37. The van der Waals surface area contributed by atoms with Crippen molar-refractivity contribution in [1.82, 2.24) is 15.2 Å². The number of ether oxygens (including phenoxy) is 1. The summed E-state index contributed by atoms with van der Waals surface area (Å²) >= 11 is 0. The number of aliphatic hydroxyl groups is 1. The molecule has 1 spiro atoms. The van der Waals surface area contributed by atoms with Crippen molar-refractivity contribution in [1.29, 1.82) is 0 Å². The van der Waals surface area contributed by atoms with Crippen LogP contribution in [0.3, 0.4) is 0 Å². The van der Waals surface area contributed by atoms with Gasteiger partial charge >= 0.3 is 0 Å². The first-order valence-corrected chi connectivity index (χ1v) is 9.60. The van der Waals surface area contributed by atoms with Gasteiger partial charge in [-0.15, -0.1) is 0 Å². The second-order valence-electron chi connectivity index (χ2n) is 7.79. The molecule has 6 nitrogen and oxygen atoms in total. The van der Waals surface area contributed by atoms with Gasteiger partial charge in [0.15, 0.2) is 0 Å². The van der Waals surface area contributed by atoms with Crippen LogP contribution in [0, 0.1) is 0 Å². The lowest BCUT2D eigenvalue weighted by Gasteiger charge is -2.44. The number of carbonyl (C=O) groups excluding carboxylic acids is 1. The zero-order chi connectivity index (χ0) is 17.7. The number of amides is 1. The van der Waals surface area contributed by atoms with Gasteiger partial charge in [0, 0.05) is 30.5 Å². The first-order chi connectivity index (χ1) is 12.7. The molecule has 1 aromatic carbocycles. The summed E-state index contributed by atoms with van der Waals surface area (Å²) in [5.41, 5.74) is 3.47. The fourth-order valence-electron chi connectivity index (χ4n) is 4.88. The minimum atomic E-state index is -0.407. The van der Waals surface area contributed by atoms with E-state index in [4.69, 9.17) is 4.74 Å². The Hall–Kier alpha value is -1.89. The van der Waals surface area contributed by atoms with Crippen LogP contribution in [-0.4, -0.2) is 59.3 Å². The van der Waals surface area contributed by atoms with Gasteiger partial charge < -0.3 is 25.0 Å². The molecule has 138 valence electrons. The molecule has 0 saturated carbocycles. The molecule has 3 aliphatic heterocycles. The predicted molar refractivity (Wildman–Crippen MR) is 97.9 cm³/mol. The lowest BCUT2D eigenvalue weighted by molar-refractivity contribution is -0.143. The smallest absolute Gasteiger partial charge is 0.239 e. The van der Waals surface area contributed by atoms with Crippen LogP contribution in [0.25, 0.3) is 10.9 Å². The van der Waals surface area contributed by atoms with Crippen LogP contribution in [0.1, 0.15) is 30.5 Å². The van der Waals surface area contributed by atoms with E-state index in [0.717, 1.165) is 25.9 Å². The van der Waals surface area contributed by atoms with E-state index in [1.807, 2.05) is 4.90 Å². The van der Waals surface area contributed by atoms with Crippen LogP contribution in [0.2, 0.25) is 0 Å². The number of hydrogen-bond donors (Lipinski definition) is 3. The van der Waals surface area contributed by atoms with E-state index >= 15 is 0 Å². The molecule has 6 heteroatoms. The second kappa shape index (κ2) is 6.08. The van der Waals surface area contributed by atoms with E-state index in [-0.39, 0.29) is 17.6 Å². The Morgan fingerprint density at radius 2 is 2.08 bits per heavy atom. The second-order valence-corrected chi connectivity index (χ2v) is 7.79. The largest absolute Gasteiger partial charge is 0.392 e. The van der Waals surface area contributed by atoms with Crippen molar-refractivity contribution in [2.24, 2.45) is 0 Å². The molecule has 2 aromatic rings. The molecule has 0 bridgehead atoms. The van der Waals surface area contributed by atoms with Crippen molar-refractivity contribution in [3.63, 3.8) is 0 Å². The van der Waals surface area contributed by atoms with Gasteiger partial charge in [-0.1, -0.05) is 18.2 Å². The van der Waals surface area contributed by atoms with Gasteiger partial charge in [-0.2, -0.15) is 0 Å². The average Bonchev–Trinajstić information content (AvgIpc) is 3.27. The number of piperidine rings is 1. The number of H-pyrrole nitrogens is 1. The third-order valence-electron chi connectivity index (χ3n) is 6.29. The number of likely N-dealkylation sites (tertiary alicyclic amines) is 1. The molecular weight excluding hydrogens is 330 g/mol. The third kappa shape index (κ3) is 2.47. The fourth-order valence-corrected chi connectivity index (χ4v) is 4.88. The van der Waals surface area contributed by atoms with Crippen molar-refractivity contribution in [2.75, 3.05) is 26.2 Å². The van der Waals surface area contributed by atoms with Crippen LogP contribution < -0.4 is 5.32 Å². The lowest BCUT2D eigenvalue weighted by atomic mass is 9.83. The molecule has 2 fully saturated rings. The number of hydrogen-bond acceptors (Lipinski definition) is 4. The van der Waals surface area contributed by atoms with Crippen molar-refractivity contribution in [3.05, 3.63) is 35.5 Å². The van der Waals surface area contributed by atoms with E-state index < -0.39 is 6.10 Å². The van der Waals surface area contributed by atoms with Gasteiger partial charge in [0.25, 0.3) is 0 Å². The molecule has 26 heavy (non-hydrogen) atoms. The maximum absolute atomic E-state index is 12.7. The molecular formula is C20H25N3O3. The van der Waals surface area contributed by atoms with Crippen molar-refractivity contribution < 1.29 is 14.6 Å². The van der Waals surface area contributed by atoms with Gasteiger partial charge in [0.2, 0.25) is 5.91 Å². The van der Waals surface area contributed by atoms with E-state index in [9.17, 15) is 9.90 Å². The number of carbonyl (C=O) groups is 1. The summed E-state index contributed by atoms with van der Waals surface area (Å²) in [6, 6.07) is 8.21. The SMILES string of the molecule is O=C([C@@H]1C[C@@H](O)CN1)N1CCC2(CC1)OCCc1c2[nH]c2ccccc12. The molecule has 1 amide bonds. The highest BCUT2D eigenvalue weighted by atomic mass is 16.5. The molecule has 4 heterocycles. The first-order valence-electron chi connectivity index (χ1n) is 9.60. The number of β-amino-alcohol motifs (C(OH)–C–C–N with tert-alkyl or cyclic N) is 1. The molecule has 2 saturated heterocycles. The number of aliphatic hydroxyl groups excluding tert-OH is 1. The van der Waals surface area contributed by atoms with E-state index in [1.54, 1.807) is 0 Å². The van der Waals surface area contributed by atoms with Crippen molar-refractivity contribution in [2.45, 2.75) is 43.4 Å². The Kier molecular flexibility index (Phi) is 3.81. The molecule has 0 unspecified atom stereocenters. The third-order valence-corrected chi connectivity index (χ3v) is 6.29. The summed E-state index contributed by atoms with van der Waals surface area (Å²) < 4.78 is 6.31. The van der Waals surface area contributed by atoms with Crippen molar-refractivity contribution in [3.8, 4) is 0 Å². The molecule has 3 aliphatic rings. The Labute approximate surface area is 152 Å². The number of benzene rings is 1.